The first-order valence-corrected chi connectivity index (χ1v) is 10.3. The lowest BCUT2D eigenvalue weighted by molar-refractivity contribution is -0.116. The largest absolute Gasteiger partial charge is 0.497 e. The molecule has 3 aromatic carbocycles. The number of hydrogen-bond acceptors (Lipinski definition) is 4. The van der Waals surface area contributed by atoms with Crippen LogP contribution >= 0.6 is 0 Å². The summed E-state index contributed by atoms with van der Waals surface area (Å²) in [5.41, 5.74) is 5.33. The van der Waals surface area contributed by atoms with E-state index in [0.717, 1.165) is 39.0 Å². The SMILES string of the molecule is COc1cccc(-c2coc3cc(OC)c(/C(C)=C/C(=O)NCc4ccccc4)cc23)c1. The highest BCUT2D eigenvalue weighted by molar-refractivity contribution is 6.00. The Hall–Kier alpha value is -3.99. The average Bonchev–Trinajstić information content (AvgIpc) is 3.25. The Kier molecular flexibility index (Phi) is 6.26. The van der Waals surface area contributed by atoms with Gasteiger partial charge in [-0.15, -0.1) is 0 Å². The fraction of sp³-hybridized carbons (Fsp3) is 0.148. The van der Waals surface area contributed by atoms with Gasteiger partial charge >= 0.3 is 0 Å². The number of nitrogens with one attached hydrogen (secondary N) is 1. The molecule has 4 rings (SSSR count). The number of hydrogen-bond donors (Lipinski definition) is 1. The lowest BCUT2D eigenvalue weighted by Crippen LogP contribution is -2.20. The number of carbonyl (C=O) groups is 1. The van der Waals surface area contributed by atoms with Crippen molar-refractivity contribution in [1.29, 1.82) is 0 Å². The van der Waals surface area contributed by atoms with E-state index in [-0.39, 0.29) is 5.91 Å². The molecule has 0 unspecified atom stereocenters. The van der Waals surface area contributed by atoms with Crippen molar-refractivity contribution in [2.24, 2.45) is 0 Å². The van der Waals surface area contributed by atoms with E-state index >= 15 is 0 Å². The molecule has 4 aromatic rings. The van der Waals surface area contributed by atoms with Crippen LogP contribution in [0.4, 0.5) is 0 Å². The second-order valence-corrected chi connectivity index (χ2v) is 7.46. The second kappa shape index (κ2) is 9.43. The molecule has 0 bridgehead atoms. The van der Waals surface area contributed by atoms with Crippen LogP contribution in [0.15, 0.2) is 83.5 Å². The van der Waals surface area contributed by atoms with Gasteiger partial charge in [0.2, 0.25) is 5.91 Å². The highest BCUT2D eigenvalue weighted by Crippen LogP contribution is 2.38. The van der Waals surface area contributed by atoms with Crippen LogP contribution in [-0.4, -0.2) is 20.1 Å². The molecule has 1 heterocycles. The zero-order valence-electron chi connectivity index (χ0n) is 18.3. The second-order valence-electron chi connectivity index (χ2n) is 7.46. The van der Waals surface area contributed by atoms with Gasteiger partial charge in [-0.1, -0.05) is 42.5 Å². The maximum atomic E-state index is 12.5. The lowest BCUT2D eigenvalue weighted by Gasteiger charge is -2.10. The molecule has 1 N–H and O–H groups in total. The van der Waals surface area contributed by atoms with Crippen molar-refractivity contribution in [3.63, 3.8) is 0 Å². The molecule has 0 saturated heterocycles. The van der Waals surface area contributed by atoms with Crippen LogP contribution in [0.25, 0.3) is 27.7 Å². The Morgan fingerprint density at radius 3 is 2.56 bits per heavy atom. The van der Waals surface area contributed by atoms with Gasteiger partial charge in [0.25, 0.3) is 0 Å². The summed E-state index contributed by atoms with van der Waals surface area (Å²) in [6.07, 6.45) is 3.33. The molecule has 0 radical (unpaired) electrons. The fourth-order valence-corrected chi connectivity index (χ4v) is 3.66. The van der Waals surface area contributed by atoms with Crippen molar-refractivity contribution in [1.82, 2.24) is 5.32 Å². The van der Waals surface area contributed by atoms with Gasteiger partial charge in [0.1, 0.15) is 17.1 Å². The number of allylic oxidation sites excluding steroid dienone is 1. The quantitative estimate of drug-likeness (QED) is 0.377. The Bertz CT molecular complexity index is 1270. The molecule has 0 saturated carbocycles. The van der Waals surface area contributed by atoms with E-state index in [1.54, 1.807) is 26.6 Å². The third-order valence-corrected chi connectivity index (χ3v) is 5.36. The Labute approximate surface area is 187 Å². The van der Waals surface area contributed by atoms with E-state index in [1.165, 1.54) is 0 Å². The molecule has 1 amide bonds. The molecule has 0 aliphatic heterocycles. The van der Waals surface area contributed by atoms with Crippen molar-refractivity contribution in [3.05, 3.63) is 90.2 Å². The first kappa shape index (κ1) is 21.2. The first-order chi connectivity index (χ1) is 15.6. The number of furan rings is 1. The van der Waals surface area contributed by atoms with Crippen LogP contribution in [0.2, 0.25) is 0 Å². The normalized spacial score (nSPS) is 11.4. The highest BCUT2D eigenvalue weighted by atomic mass is 16.5. The molecule has 162 valence electrons. The number of rotatable bonds is 7. The highest BCUT2D eigenvalue weighted by Gasteiger charge is 2.15. The number of fused-ring (bicyclic) bond motifs is 1. The molecule has 0 aliphatic carbocycles. The van der Waals surface area contributed by atoms with Crippen LogP contribution in [0, 0.1) is 0 Å². The van der Waals surface area contributed by atoms with Crippen LogP contribution in [-0.2, 0) is 11.3 Å². The Balaban J connectivity index is 1.66. The summed E-state index contributed by atoms with van der Waals surface area (Å²) in [6.45, 7) is 2.37. The van der Waals surface area contributed by atoms with Gasteiger partial charge < -0.3 is 19.2 Å². The molecule has 32 heavy (non-hydrogen) atoms. The Morgan fingerprint density at radius 1 is 1.00 bits per heavy atom. The maximum Gasteiger partial charge on any atom is 0.244 e. The summed E-state index contributed by atoms with van der Waals surface area (Å²) in [6, 6.07) is 21.5. The predicted molar refractivity (Wildman–Crippen MR) is 127 cm³/mol. The summed E-state index contributed by atoms with van der Waals surface area (Å²) in [5.74, 6) is 1.26. The van der Waals surface area contributed by atoms with Gasteiger partial charge in [-0.3, -0.25) is 4.79 Å². The number of ether oxygens (including phenoxy) is 2. The van der Waals surface area contributed by atoms with Crippen LogP contribution in [0.5, 0.6) is 11.5 Å². The predicted octanol–water partition coefficient (Wildman–Crippen LogP) is 5.84. The van der Waals surface area contributed by atoms with Gasteiger partial charge in [0.05, 0.1) is 20.5 Å². The van der Waals surface area contributed by atoms with E-state index < -0.39 is 0 Å². The van der Waals surface area contributed by atoms with Gasteiger partial charge in [0.15, 0.2) is 0 Å². The molecular weight excluding hydrogens is 402 g/mol. The van der Waals surface area contributed by atoms with E-state index in [9.17, 15) is 4.79 Å². The van der Waals surface area contributed by atoms with E-state index in [1.807, 2.05) is 73.7 Å². The molecule has 0 fully saturated rings. The first-order valence-electron chi connectivity index (χ1n) is 10.3. The van der Waals surface area contributed by atoms with Crippen molar-refractivity contribution >= 4 is 22.4 Å². The van der Waals surface area contributed by atoms with Crippen LogP contribution in [0.1, 0.15) is 18.1 Å². The minimum Gasteiger partial charge on any atom is -0.497 e. The van der Waals surface area contributed by atoms with Crippen molar-refractivity contribution in [2.45, 2.75) is 13.5 Å². The molecule has 0 spiro atoms. The lowest BCUT2D eigenvalue weighted by atomic mass is 9.99. The summed E-state index contributed by atoms with van der Waals surface area (Å²) >= 11 is 0. The van der Waals surface area contributed by atoms with Gasteiger partial charge in [-0.25, -0.2) is 0 Å². The van der Waals surface area contributed by atoms with E-state index in [2.05, 4.69) is 5.32 Å². The monoisotopic (exact) mass is 427 g/mol. The minimum atomic E-state index is -0.159. The third kappa shape index (κ3) is 4.52. The van der Waals surface area contributed by atoms with Crippen molar-refractivity contribution < 1.29 is 18.7 Å². The molecule has 5 heteroatoms. The fourth-order valence-electron chi connectivity index (χ4n) is 3.66. The zero-order chi connectivity index (χ0) is 22.5. The standard InChI is InChI=1S/C27H25NO4/c1-18(12-27(29)28-16-19-8-5-4-6-9-19)22-14-23-24(17-32-26(23)15-25(22)31-3)20-10-7-11-21(13-20)30-2/h4-15,17H,16H2,1-3H3,(H,28,29)/b18-12+. The topological polar surface area (TPSA) is 60.7 Å². The number of methoxy groups -OCH3 is 2. The minimum absolute atomic E-state index is 0.159. The summed E-state index contributed by atoms with van der Waals surface area (Å²) in [5, 5.41) is 3.87. The summed E-state index contributed by atoms with van der Waals surface area (Å²) in [7, 11) is 3.26. The third-order valence-electron chi connectivity index (χ3n) is 5.36. The average molecular weight is 428 g/mol. The summed E-state index contributed by atoms with van der Waals surface area (Å²) < 4.78 is 16.7. The number of amides is 1. The number of carbonyl (C=O) groups excluding carboxylic acids is 1. The zero-order valence-corrected chi connectivity index (χ0v) is 18.3. The van der Waals surface area contributed by atoms with Crippen LogP contribution < -0.4 is 14.8 Å². The molecular formula is C27H25NO4. The summed E-state index contributed by atoms with van der Waals surface area (Å²) in [4.78, 5) is 12.5. The van der Waals surface area contributed by atoms with E-state index in [4.69, 9.17) is 13.9 Å². The molecule has 1 aromatic heterocycles. The molecule has 5 nitrogen and oxygen atoms in total. The van der Waals surface area contributed by atoms with E-state index in [0.29, 0.717) is 17.9 Å². The Morgan fingerprint density at radius 2 is 1.81 bits per heavy atom. The molecule has 0 atom stereocenters. The maximum absolute atomic E-state index is 12.5. The number of benzene rings is 3. The van der Waals surface area contributed by atoms with Gasteiger partial charge in [-0.2, -0.15) is 0 Å². The molecule has 0 aliphatic rings. The van der Waals surface area contributed by atoms with Gasteiger partial charge in [0, 0.05) is 35.2 Å². The van der Waals surface area contributed by atoms with Crippen molar-refractivity contribution in [3.8, 4) is 22.6 Å². The van der Waals surface area contributed by atoms with Crippen molar-refractivity contribution in [2.75, 3.05) is 14.2 Å². The van der Waals surface area contributed by atoms with Gasteiger partial charge in [-0.05, 0) is 41.8 Å². The van der Waals surface area contributed by atoms with Crippen LogP contribution in [0.3, 0.4) is 0 Å². The smallest absolute Gasteiger partial charge is 0.244 e.